The number of hydrogen-bond acceptors (Lipinski definition) is 4. The molecule has 2 aliphatic rings. The molecule has 4 rings (SSSR count). The van der Waals surface area contributed by atoms with Crippen LogP contribution >= 0.6 is 0 Å². The van der Waals surface area contributed by atoms with Crippen molar-refractivity contribution in [2.75, 3.05) is 39.3 Å². The summed E-state index contributed by atoms with van der Waals surface area (Å²) in [6.07, 6.45) is 6.17. The third-order valence-electron chi connectivity index (χ3n) is 6.62. The fourth-order valence-corrected chi connectivity index (χ4v) is 4.63. The van der Waals surface area contributed by atoms with Crippen molar-refractivity contribution in [3.8, 4) is 0 Å². The number of benzene rings is 1. The van der Waals surface area contributed by atoms with Gasteiger partial charge in [0.25, 0.3) is 5.91 Å². The Morgan fingerprint density at radius 3 is 2.48 bits per heavy atom. The maximum Gasteiger partial charge on any atom is 0.254 e. The molecule has 0 unspecified atom stereocenters. The number of hydrogen-bond donors (Lipinski definition) is 1. The maximum absolute atomic E-state index is 12.6. The van der Waals surface area contributed by atoms with E-state index in [2.05, 4.69) is 27.4 Å². The number of rotatable bonds is 7. The van der Waals surface area contributed by atoms with Crippen LogP contribution in [0.5, 0.6) is 0 Å². The molecular weight excluding hydrogens is 390 g/mol. The Labute approximate surface area is 184 Å². The molecule has 166 valence electrons. The summed E-state index contributed by atoms with van der Waals surface area (Å²) in [4.78, 5) is 29.5. The van der Waals surface area contributed by atoms with Crippen LogP contribution in [0.3, 0.4) is 0 Å². The van der Waals surface area contributed by atoms with Crippen LogP contribution in [0.4, 0.5) is 0 Å². The largest absolute Gasteiger partial charge is 0.351 e. The molecule has 7 heteroatoms. The fraction of sp³-hybridized carbons (Fsp3) is 0.542. The molecule has 1 N–H and O–H groups in total. The first-order valence-corrected chi connectivity index (χ1v) is 11.5. The van der Waals surface area contributed by atoms with Crippen LogP contribution in [0.15, 0.2) is 36.5 Å². The molecule has 7 nitrogen and oxygen atoms in total. The number of carbonyl (C=O) groups is 2. The number of nitrogens with one attached hydrogen (secondary N) is 1. The van der Waals surface area contributed by atoms with E-state index in [4.69, 9.17) is 0 Å². The summed E-state index contributed by atoms with van der Waals surface area (Å²) in [5.41, 5.74) is 2.66. The molecule has 1 saturated carbocycles. The van der Waals surface area contributed by atoms with Crippen molar-refractivity contribution in [2.45, 2.75) is 39.2 Å². The minimum Gasteiger partial charge on any atom is -0.351 e. The topological polar surface area (TPSA) is 70.5 Å². The van der Waals surface area contributed by atoms with Crippen LogP contribution in [0.1, 0.15) is 47.3 Å². The van der Waals surface area contributed by atoms with Gasteiger partial charge in [-0.1, -0.05) is 43.2 Å². The molecule has 0 radical (unpaired) electrons. The van der Waals surface area contributed by atoms with Gasteiger partial charge in [-0.15, -0.1) is 0 Å². The highest BCUT2D eigenvalue weighted by atomic mass is 16.2. The third-order valence-corrected chi connectivity index (χ3v) is 6.62. The van der Waals surface area contributed by atoms with Gasteiger partial charge in [0, 0.05) is 50.9 Å². The summed E-state index contributed by atoms with van der Waals surface area (Å²) in [5.74, 6) is 0.539. The Morgan fingerprint density at radius 2 is 1.77 bits per heavy atom. The number of carbonyl (C=O) groups excluding carboxylic acids is 2. The van der Waals surface area contributed by atoms with E-state index in [0.717, 1.165) is 56.8 Å². The van der Waals surface area contributed by atoms with Crippen molar-refractivity contribution in [1.82, 2.24) is 24.9 Å². The zero-order valence-corrected chi connectivity index (χ0v) is 18.4. The van der Waals surface area contributed by atoms with Crippen LogP contribution in [0, 0.1) is 12.8 Å². The van der Waals surface area contributed by atoms with Crippen molar-refractivity contribution in [1.29, 1.82) is 0 Å². The van der Waals surface area contributed by atoms with E-state index < -0.39 is 0 Å². The van der Waals surface area contributed by atoms with E-state index in [0.29, 0.717) is 24.6 Å². The number of aromatic nitrogens is 2. The molecule has 2 amide bonds. The van der Waals surface area contributed by atoms with Crippen molar-refractivity contribution >= 4 is 11.8 Å². The predicted molar refractivity (Wildman–Crippen MR) is 120 cm³/mol. The van der Waals surface area contributed by atoms with Crippen LogP contribution in [-0.2, 0) is 11.3 Å². The molecular formula is C24H33N5O2. The van der Waals surface area contributed by atoms with E-state index >= 15 is 0 Å². The first kappa shape index (κ1) is 21.6. The first-order chi connectivity index (χ1) is 15.1. The van der Waals surface area contributed by atoms with Gasteiger partial charge in [0.05, 0.1) is 18.3 Å². The lowest BCUT2D eigenvalue weighted by Crippen LogP contribution is -2.51. The molecule has 0 bridgehead atoms. The fourth-order valence-electron chi connectivity index (χ4n) is 4.63. The Kier molecular flexibility index (Phi) is 7.02. The monoisotopic (exact) mass is 423 g/mol. The summed E-state index contributed by atoms with van der Waals surface area (Å²) in [6, 6.07) is 10.1. The minimum atomic E-state index is -0.0770. The zero-order chi connectivity index (χ0) is 21.6. The van der Waals surface area contributed by atoms with Gasteiger partial charge in [-0.3, -0.25) is 19.2 Å². The molecule has 2 fully saturated rings. The molecule has 0 spiro atoms. The van der Waals surface area contributed by atoms with Crippen molar-refractivity contribution in [3.05, 3.63) is 53.3 Å². The lowest BCUT2D eigenvalue weighted by atomic mass is 10.1. The second-order valence-electron chi connectivity index (χ2n) is 8.69. The average molecular weight is 424 g/mol. The van der Waals surface area contributed by atoms with Gasteiger partial charge < -0.3 is 10.2 Å². The number of nitrogens with zero attached hydrogens (tertiary/aromatic N) is 4. The number of amides is 2. The van der Waals surface area contributed by atoms with E-state index in [1.54, 1.807) is 6.20 Å². The molecule has 2 aromatic rings. The van der Waals surface area contributed by atoms with Crippen LogP contribution in [-0.4, -0.2) is 70.7 Å². The van der Waals surface area contributed by atoms with Crippen molar-refractivity contribution < 1.29 is 9.59 Å². The predicted octanol–water partition coefficient (Wildman–Crippen LogP) is 2.30. The zero-order valence-electron chi connectivity index (χ0n) is 18.4. The van der Waals surface area contributed by atoms with Crippen molar-refractivity contribution in [2.24, 2.45) is 5.92 Å². The molecule has 1 saturated heterocycles. The van der Waals surface area contributed by atoms with Gasteiger partial charge in [0.2, 0.25) is 5.91 Å². The summed E-state index contributed by atoms with van der Waals surface area (Å²) < 4.78 is 1.87. The van der Waals surface area contributed by atoms with E-state index in [9.17, 15) is 9.59 Å². The van der Waals surface area contributed by atoms with Gasteiger partial charge in [-0.2, -0.15) is 5.10 Å². The highest BCUT2D eigenvalue weighted by molar-refractivity contribution is 5.95. The first-order valence-electron chi connectivity index (χ1n) is 11.5. The highest BCUT2D eigenvalue weighted by Gasteiger charge is 2.29. The summed E-state index contributed by atoms with van der Waals surface area (Å²) >= 11 is 0. The Morgan fingerprint density at radius 1 is 1.06 bits per heavy atom. The van der Waals surface area contributed by atoms with Crippen molar-refractivity contribution in [3.63, 3.8) is 0 Å². The van der Waals surface area contributed by atoms with E-state index in [1.807, 2.05) is 34.7 Å². The lowest BCUT2D eigenvalue weighted by molar-refractivity contribution is -0.137. The molecule has 1 aromatic carbocycles. The lowest BCUT2D eigenvalue weighted by Gasteiger charge is -2.36. The molecule has 31 heavy (non-hydrogen) atoms. The summed E-state index contributed by atoms with van der Waals surface area (Å²) in [7, 11) is 0. The SMILES string of the molecule is Cc1c(C(=O)NCCN2CCN(C(=O)C3CCCC3)CC2)cnn1Cc1ccccc1. The maximum atomic E-state index is 12.6. The molecule has 1 aromatic heterocycles. The van der Waals surface area contributed by atoms with Gasteiger partial charge in [0.15, 0.2) is 0 Å². The van der Waals surface area contributed by atoms with Gasteiger partial charge in [0.1, 0.15) is 0 Å². The quantitative estimate of drug-likeness (QED) is 0.742. The van der Waals surface area contributed by atoms with E-state index in [1.165, 1.54) is 12.8 Å². The molecule has 1 aliphatic heterocycles. The van der Waals surface area contributed by atoms with E-state index in [-0.39, 0.29) is 11.8 Å². The molecule has 1 aliphatic carbocycles. The van der Waals surface area contributed by atoms with Crippen LogP contribution in [0.2, 0.25) is 0 Å². The summed E-state index contributed by atoms with van der Waals surface area (Å²) in [6.45, 7) is 7.34. The summed E-state index contributed by atoms with van der Waals surface area (Å²) in [5, 5.41) is 7.42. The highest BCUT2D eigenvalue weighted by Crippen LogP contribution is 2.26. The Hall–Kier alpha value is -2.67. The third kappa shape index (κ3) is 5.34. The van der Waals surface area contributed by atoms with Gasteiger partial charge >= 0.3 is 0 Å². The minimum absolute atomic E-state index is 0.0770. The van der Waals surface area contributed by atoms with Gasteiger partial charge in [-0.25, -0.2) is 0 Å². The van der Waals surface area contributed by atoms with Crippen LogP contribution < -0.4 is 5.32 Å². The average Bonchev–Trinajstić information content (AvgIpc) is 3.45. The van der Waals surface area contributed by atoms with Gasteiger partial charge in [-0.05, 0) is 25.3 Å². The molecule has 2 heterocycles. The number of piperazine rings is 1. The van der Waals surface area contributed by atoms with Crippen LogP contribution in [0.25, 0.3) is 0 Å². The standard InChI is InChI=1S/C24H33N5O2/c1-19-22(17-26-29(19)18-20-7-3-2-4-8-20)23(30)25-11-12-27-13-15-28(16-14-27)24(31)21-9-5-6-10-21/h2-4,7-8,17,21H,5-6,9-16,18H2,1H3,(H,25,30). The Balaban J connectivity index is 1.20. The normalized spacial score (nSPS) is 17.8. The molecule has 0 atom stereocenters. The smallest absolute Gasteiger partial charge is 0.254 e. The second kappa shape index (κ2) is 10.1. The second-order valence-corrected chi connectivity index (χ2v) is 8.69. The Bertz CT molecular complexity index is 881.